The second-order valence-electron chi connectivity index (χ2n) is 5.83. The lowest BCUT2D eigenvalue weighted by atomic mass is 9.99. The monoisotopic (exact) mass is 342 g/mol. The van der Waals surface area contributed by atoms with Gasteiger partial charge in [0.15, 0.2) is 5.11 Å². The largest absolute Gasteiger partial charge is 0.492 e. The summed E-state index contributed by atoms with van der Waals surface area (Å²) in [6.45, 7) is 9.02. The van der Waals surface area contributed by atoms with Crippen molar-refractivity contribution in [2.45, 2.75) is 40.2 Å². The van der Waals surface area contributed by atoms with Gasteiger partial charge in [-0.1, -0.05) is 37.3 Å². The lowest BCUT2D eigenvalue weighted by molar-refractivity contribution is 0.342. The second-order valence-corrected chi connectivity index (χ2v) is 6.24. The predicted molar refractivity (Wildman–Crippen MR) is 106 cm³/mol. The molecule has 0 fully saturated rings. The summed E-state index contributed by atoms with van der Waals surface area (Å²) >= 11 is 5.50. The molecule has 4 heteroatoms. The Morgan fingerprint density at radius 2 is 1.83 bits per heavy atom. The van der Waals surface area contributed by atoms with Gasteiger partial charge in [-0.15, -0.1) is 0 Å². The van der Waals surface area contributed by atoms with E-state index in [0.29, 0.717) is 11.7 Å². The average Bonchev–Trinajstić information content (AvgIpc) is 2.57. The van der Waals surface area contributed by atoms with Crippen LogP contribution in [0.5, 0.6) is 5.75 Å². The minimum atomic E-state index is 0.184. The molecule has 128 valence electrons. The summed E-state index contributed by atoms with van der Waals surface area (Å²) in [5.41, 5.74) is 4.74. The lowest BCUT2D eigenvalue weighted by Gasteiger charge is -2.21. The first-order chi connectivity index (χ1) is 11.5. The van der Waals surface area contributed by atoms with E-state index in [-0.39, 0.29) is 6.04 Å². The van der Waals surface area contributed by atoms with Gasteiger partial charge in [-0.25, -0.2) is 0 Å². The number of nitrogens with one attached hydrogen (secondary N) is 2. The van der Waals surface area contributed by atoms with E-state index in [1.165, 1.54) is 16.7 Å². The first-order valence-corrected chi connectivity index (χ1v) is 8.82. The smallest absolute Gasteiger partial charge is 0.171 e. The number of rotatable bonds is 6. The van der Waals surface area contributed by atoms with Gasteiger partial charge in [-0.05, 0) is 68.2 Å². The predicted octanol–water partition coefficient (Wildman–Crippen LogP) is 5.14. The minimum Gasteiger partial charge on any atom is -0.492 e. The molecule has 2 aromatic carbocycles. The maximum absolute atomic E-state index is 5.63. The number of aryl methyl sites for hydroxylation is 2. The molecule has 0 aliphatic rings. The van der Waals surface area contributed by atoms with Crippen molar-refractivity contribution in [3.8, 4) is 5.75 Å². The topological polar surface area (TPSA) is 33.3 Å². The molecule has 0 amide bonds. The molecule has 0 spiro atoms. The van der Waals surface area contributed by atoms with Crippen LogP contribution in [0, 0.1) is 13.8 Å². The molecule has 0 heterocycles. The summed E-state index contributed by atoms with van der Waals surface area (Å²) in [5.74, 6) is 0.809. The molecule has 24 heavy (non-hydrogen) atoms. The number of hydrogen-bond donors (Lipinski definition) is 2. The molecule has 0 bridgehead atoms. The van der Waals surface area contributed by atoms with Gasteiger partial charge in [-0.2, -0.15) is 0 Å². The fourth-order valence-electron chi connectivity index (χ4n) is 2.57. The van der Waals surface area contributed by atoms with Crippen LogP contribution >= 0.6 is 12.2 Å². The van der Waals surface area contributed by atoms with Crippen LogP contribution in [-0.2, 0) is 0 Å². The summed E-state index contributed by atoms with van der Waals surface area (Å²) in [4.78, 5) is 0. The van der Waals surface area contributed by atoms with Gasteiger partial charge >= 0.3 is 0 Å². The Kier molecular flexibility index (Phi) is 6.62. The van der Waals surface area contributed by atoms with E-state index in [2.05, 4.69) is 49.6 Å². The van der Waals surface area contributed by atoms with Crippen molar-refractivity contribution in [2.24, 2.45) is 0 Å². The van der Waals surface area contributed by atoms with Crippen LogP contribution < -0.4 is 15.4 Å². The molecule has 0 saturated carbocycles. The van der Waals surface area contributed by atoms with E-state index >= 15 is 0 Å². The number of benzene rings is 2. The van der Waals surface area contributed by atoms with E-state index < -0.39 is 0 Å². The molecule has 0 unspecified atom stereocenters. The number of thiocarbonyl (C=S) groups is 1. The van der Waals surface area contributed by atoms with Crippen molar-refractivity contribution >= 4 is 23.0 Å². The SMILES string of the molecule is CCOc1ccccc1NC(=S)N[C@H](CC)c1ccc(C)c(C)c1. The Morgan fingerprint density at radius 1 is 1.08 bits per heavy atom. The van der Waals surface area contributed by atoms with Gasteiger partial charge in [0.1, 0.15) is 5.75 Å². The van der Waals surface area contributed by atoms with Crippen LogP contribution in [0.1, 0.15) is 43.0 Å². The van der Waals surface area contributed by atoms with Crippen LogP contribution in [0.4, 0.5) is 5.69 Å². The normalized spacial score (nSPS) is 11.7. The van der Waals surface area contributed by atoms with E-state index in [9.17, 15) is 0 Å². The molecule has 0 aliphatic carbocycles. The van der Waals surface area contributed by atoms with Gasteiger partial charge in [0.05, 0.1) is 18.3 Å². The summed E-state index contributed by atoms with van der Waals surface area (Å²) in [7, 11) is 0. The zero-order valence-electron chi connectivity index (χ0n) is 14.8. The molecule has 2 rings (SSSR count). The highest BCUT2D eigenvalue weighted by atomic mass is 32.1. The molecule has 0 aromatic heterocycles. The highest BCUT2D eigenvalue weighted by molar-refractivity contribution is 7.80. The highest BCUT2D eigenvalue weighted by Gasteiger charge is 2.12. The first kappa shape index (κ1) is 18.3. The third-order valence-electron chi connectivity index (χ3n) is 4.08. The molecular formula is C20H26N2OS. The molecular weight excluding hydrogens is 316 g/mol. The zero-order valence-corrected chi connectivity index (χ0v) is 15.7. The number of para-hydroxylation sites is 2. The van der Waals surface area contributed by atoms with Crippen molar-refractivity contribution in [2.75, 3.05) is 11.9 Å². The van der Waals surface area contributed by atoms with E-state index in [1.54, 1.807) is 0 Å². The zero-order chi connectivity index (χ0) is 17.5. The van der Waals surface area contributed by atoms with Crippen molar-refractivity contribution in [3.63, 3.8) is 0 Å². The molecule has 0 saturated heterocycles. The quantitative estimate of drug-likeness (QED) is 0.712. The molecule has 0 radical (unpaired) electrons. The number of hydrogen-bond acceptors (Lipinski definition) is 2. The first-order valence-electron chi connectivity index (χ1n) is 8.41. The van der Waals surface area contributed by atoms with E-state index in [0.717, 1.165) is 17.9 Å². The standard InChI is InChI=1S/C20H26N2OS/c1-5-17(16-12-11-14(3)15(4)13-16)21-20(24)22-18-9-7-8-10-19(18)23-6-2/h7-13,17H,5-6H2,1-4H3,(H2,21,22,24)/t17-/m1/s1. The van der Waals surface area contributed by atoms with Crippen LogP contribution in [0.3, 0.4) is 0 Å². The summed E-state index contributed by atoms with van der Waals surface area (Å²) in [6.07, 6.45) is 0.956. The molecule has 2 N–H and O–H groups in total. The fraction of sp³-hybridized carbons (Fsp3) is 0.350. The van der Waals surface area contributed by atoms with Crippen LogP contribution in [0.25, 0.3) is 0 Å². The highest BCUT2D eigenvalue weighted by Crippen LogP contribution is 2.24. The summed E-state index contributed by atoms with van der Waals surface area (Å²) in [5, 5.41) is 7.27. The third-order valence-corrected chi connectivity index (χ3v) is 4.30. The van der Waals surface area contributed by atoms with E-state index in [1.807, 2.05) is 31.2 Å². The number of ether oxygens (including phenoxy) is 1. The Balaban J connectivity index is 2.08. The van der Waals surface area contributed by atoms with Crippen LogP contribution in [-0.4, -0.2) is 11.7 Å². The van der Waals surface area contributed by atoms with E-state index in [4.69, 9.17) is 17.0 Å². The van der Waals surface area contributed by atoms with Gasteiger partial charge in [-0.3, -0.25) is 0 Å². The Labute approximate surface area is 150 Å². The van der Waals surface area contributed by atoms with Gasteiger partial charge in [0.2, 0.25) is 0 Å². The van der Waals surface area contributed by atoms with Crippen molar-refractivity contribution in [3.05, 3.63) is 59.2 Å². The second kappa shape index (κ2) is 8.69. The van der Waals surface area contributed by atoms with Gasteiger partial charge in [0, 0.05) is 0 Å². The summed E-state index contributed by atoms with van der Waals surface area (Å²) in [6, 6.07) is 14.6. The maximum Gasteiger partial charge on any atom is 0.171 e. The molecule has 1 atom stereocenters. The van der Waals surface area contributed by atoms with Gasteiger partial charge < -0.3 is 15.4 Å². The molecule has 3 nitrogen and oxygen atoms in total. The van der Waals surface area contributed by atoms with Crippen molar-refractivity contribution in [1.82, 2.24) is 5.32 Å². The Hall–Kier alpha value is -2.07. The average molecular weight is 343 g/mol. The Bertz CT molecular complexity index is 700. The Morgan fingerprint density at radius 3 is 2.50 bits per heavy atom. The molecule has 2 aromatic rings. The fourth-order valence-corrected chi connectivity index (χ4v) is 2.82. The lowest BCUT2D eigenvalue weighted by Crippen LogP contribution is -2.32. The maximum atomic E-state index is 5.63. The number of anilines is 1. The van der Waals surface area contributed by atoms with Crippen LogP contribution in [0.15, 0.2) is 42.5 Å². The van der Waals surface area contributed by atoms with Gasteiger partial charge in [0.25, 0.3) is 0 Å². The third kappa shape index (κ3) is 4.71. The summed E-state index contributed by atoms with van der Waals surface area (Å²) < 4.78 is 5.63. The van der Waals surface area contributed by atoms with Crippen molar-refractivity contribution < 1.29 is 4.74 Å². The molecule has 0 aliphatic heterocycles. The minimum absolute atomic E-state index is 0.184. The van der Waals surface area contributed by atoms with Crippen LogP contribution in [0.2, 0.25) is 0 Å². The van der Waals surface area contributed by atoms with Crippen molar-refractivity contribution in [1.29, 1.82) is 0 Å².